The standard InChI is InChI=1S/C17H12BrNO3/c1-22-13-7-14(18)16-12(10-20)9-19(15(16)8-13)17(21)11-5-3-2-4-6-11/h2-10H,1H3. The van der Waals surface area contributed by atoms with Gasteiger partial charge in [0.05, 0.1) is 12.6 Å². The van der Waals surface area contributed by atoms with Crippen LogP contribution in [0.4, 0.5) is 0 Å². The summed E-state index contributed by atoms with van der Waals surface area (Å²) in [4.78, 5) is 24.0. The van der Waals surface area contributed by atoms with Gasteiger partial charge in [-0.1, -0.05) is 18.2 Å². The minimum atomic E-state index is -0.196. The van der Waals surface area contributed by atoms with Crippen LogP contribution in [0.25, 0.3) is 10.9 Å². The van der Waals surface area contributed by atoms with E-state index in [2.05, 4.69) is 15.9 Å². The van der Waals surface area contributed by atoms with Crippen molar-refractivity contribution in [1.82, 2.24) is 4.57 Å². The van der Waals surface area contributed by atoms with Crippen LogP contribution in [-0.4, -0.2) is 23.9 Å². The summed E-state index contributed by atoms with van der Waals surface area (Å²) in [6.45, 7) is 0. The highest BCUT2D eigenvalue weighted by Gasteiger charge is 2.18. The van der Waals surface area contributed by atoms with Crippen LogP contribution in [0, 0.1) is 0 Å². The zero-order valence-electron chi connectivity index (χ0n) is 11.7. The number of hydrogen-bond acceptors (Lipinski definition) is 3. The maximum Gasteiger partial charge on any atom is 0.262 e. The first kappa shape index (κ1) is 14.5. The molecule has 0 unspecified atom stereocenters. The summed E-state index contributed by atoms with van der Waals surface area (Å²) in [6, 6.07) is 12.4. The lowest BCUT2D eigenvalue weighted by molar-refractivity contribution is 0.0965. The van der Waals surface area contributed by atoms with Gasteiger partial charge in [-0.15, -0.1) is 0 Å². The summed E-state index contributed by atoms with van der Waals surface area (Å²) >= 11 is 3.44. The van der Waals surface area contributed by atoms with Crippen molar-refractivity contribution in [2.24, 2.45) is 0 Å². The van der Waals surface area contributed by atoms with Crippen molar-refractivity contribution < 1.29 is 14.3 Å². The van der Waals surface area contributed by atoms with Gasteiger partial charge in [0.2, 0.25) is 0 Å². The fourth-order valence-corrected chi connectivity index (χ4v) is 3.07. The Morgan fingerprint density at radius 3 is 2.59 bits per heavy atom. The average Bonchev–Trinajstić information content (AvgIpc) is 2.94. The maximum absolute atomic E-state index is 12.7. The molecule has 1 heterocycles. The van der Waals surface area contributed by atoms with Gasteiger partial charge in [0, 0.05) is 33.2 Å². The monoisotopic (exact) mass is 357 g/mol. The van der Waals surface area contributed by atoms with E-state index in [1.807, 2.05) is 6.07 Å². The second-order valence-electron chi connectivity index (χ2n) is 4.75. The fraction of sp³-hybridized carbons (Fsp3) is 0.0588. The van der Waals surface area contributed by atoms with E-state index < -0.39 is 0 Å². The molecular weight excluding hydrogens is 346 g/mol. The molecule has 0 radical (unpaired) electrons. The number of hydrogen-bond donors (Lipinski definition) is 0. The molecular formula is C17H12BrNO3. The molecule has 0 atom stereocenters. The van der Waals surface area contributed by atoms with E-state index in [1.165, 1.54) is 4.57 Å². The van der Waals surface area contributed by atoms with Crippen LogP contribution in [0.3, 0.4) is 0 Å². The number of rotatable bonds is 3. The van der Waals surface area contributed by atoms with E-state index in [-0.39, 0.29) is 5.91 Å². The molecule has 0 fully saturated rings. The Morgan fingerprint density at radius 1 is 1.23 bits per heavy atom. The number of ether oxygens (including phenoxy) is 1. The first-order chi connectivity index (χ1) is 10.7. The first-order valence-electron chi connectivity index (χ1n) is 6.59. The molecule has 22 heavy (non-hydrogen) atoms. The predicted molar refractivity (Wildman–Crippen MR) is 87.7 cm³/mol. The van der Waals surface area contributed by atoms with Crippen LogP contribution < -0.4 is 4.74 Å². The molecule has 0 aliphatic heterocycles. The summed E-state index contributed by atoms with van der Waals surface area (Å²) < 4.78 is 7.43. The molecule has 0 amide bonds. The van der Waals surface area contributed by atoms with Crippen molar-refractivity contribution in [2.45, 2.75) is 0 Å². The van der Waals surface area contributed by atoms with Gasteiger partial charge in [0.1, 0.15) is 5.75 Å². The van der Waals surface area contributed by atoms with Crippen LogP contribution in [0.15, 0.2) is 53.1 Å². The van der Waals surface area contributed by atoms with Crippen molar-refractivity contribution in [2.75, 3.05) is 7.11 Å². The number of carbonyl (C=O) groups is 2. The van der Waals surface area contributed by atoms with Gasteiger partial charge in [-0.05, 0) is 34.1 Å². The fourth-order valence-electron chi connectivity index (χ4n) is 2.41. The SMILES string of the molecule is COc1cc(Br)c2c(C=O)cn(C(=O)c3ccccc3)c2c1. The van der Waals surface area contributed by atoms with Gasteiger partial charge in [-0.3, -0.25) is 14.2 Å². The zero-order valence-corrected chi connectivity index (χ0v) is 13.3. The Morgan fingerprint density at radius 2 is 1.95 bits per heavy atom. The average molecular weight is 358 g/mol. The Kier molecular flexibility index (Phi) is 3.81. The van der Waals surface area contributed by atoms with Crippen molar-refractivity contribution in [3.05, 3.63) is 64.3 Å². The molecule has 110 valence electrons. The minimum absolute atomic E-state index is 0.196. The minimum Gasteiger partial charge on any atom is -0.497 e. The van der Waals surface area contributed by atoms with Crippen molar-refractivity contribution >= 4 is 39.0 Å². The molecule has 3 rings (SSSR count). The van der Waals surface area contributed by atoms with Gasteiger partial charge < -0.3 is 4.74 Å². The number of nitrogens with zero attached hydrogens (tertiary/aromatic N) is 1. The Labute approximate surface area is 135 Å². The second kappa shape index (κ2) is 5.77. The number of halogens is 1. The largest absolute Gasteiger partial charge is 0.497 e. The second-order valence-corrected chi connectivity index (χ2v) is 5.60. The Balaban J connectivity index is 2.28. The third-order valence-electron chi connectivity index (χ3n) is 3.46. The molecule has 0 spiro atoms. The number of aldehydes is 1. The Hall–Kier alpha value is -2.40. The number of aromatic nitrogens is 1. The lowest BCUT2D eigenvalue weighted by atomic mass is 10.2. The molecule has 0 N–H and O–H groups in total. The quantitative estimate of drug-likeness (QED) is 0.667. The normalized spacial score (nSPS) is 10.6. The molecule has 4 nitrogen and oxygen atoms in total. The van der Waals surface area contributed by atoms with Gasteiger partial charge in [-0.25, -0.2) is 0 Å². The smallest absolute Gasteiger partial charge is 0.262 e. The molecule has 0 saturated heterocycles. The topological polar surface area (TPSA) is 48.3 Å². The van der Waals surface area contributed by atoms with E-state index in [4.69, 9.17) is 4.74 Å². The van der Waals surface area contributed by atoms with Crippen LogP contribution in [-0.2, 0) is 0 Å². The molecule has 0 aliphatic rings. The summed E-state index contributed by atoms with van der Waals surface area (Å²) in [7, 11) is 1.56. The number of carbonyl (C=O) groups excluding carboxylic acids is 2. The third-order valence-corrected chi connectivity index (χ3v) is 4.09. The van der Waals surface area contributed by atoms with Gasteiger partial charge in [-0.2, -0.15) is 0 Å². The predicted octanol–water partition coefficient (Wildman–Crippen LogP) is 3.91. The molecule has 1 aromatic heterocycles. The first-order valence-corrected chi connectivity index (χ1v) is 7.38. The number of benzene rings is 2. The van der Waals surface area contributed by atoms with E-state index >= 15 is 0 Å². The highest BCUT2D eigenvalue weighted by atomic mass is 79.9. The van der Waals surface area contributed by atoms with E-state index in [9.17, 15) is 9.59 Å². The molecule has 0 bridgehead atoms. The summed E-state index contributed by atoms with van der Waals surface area (Å²) in [5.74, 6) is 0.413. The van der Waals surface area contributed by atoms with E-state index in [0.29, 0.717) is 32.3 Å². The maximum atomic E-state index is 12.7. The highest BCUT2D eigenvalue weighted by molar-refractivity contribution is 9.10. The van der Waals surface area contributed by atoms with Crippen LogP contribution in [0.1, 0.15) is 20.7 Å². The zero-order chi connectivity index (χ0) is 15.7. The summed E-state index contributed by atoms with van der Waals surface area (Å²) in [5.41, 5.74) is 1.63. The lowest BCUT2D eigenvalue weighted by Gasteiger charge is -2.07. The lowest BCUT2D eigenvalue weighted by Crippen LogP contribution is -2.10. The molecule has 3 aromatic rings. The number of fused-ring (bicyclic) bond motifs is 1. The molecule has 2 aromatic carbocycles. The molecule has 0 saturated carbocycles. The molecule has 5 heteroatoms. The van der Waals surface area contributed by atoms with Crippen molar-refractivity contribution in [1.29, 1.82) is 0 Å². The van der Waals surface area contributed by atoms with E-state index in [1.54, 1.807) is 49.7 Å². The third kappa shape index (κ3) is 2.33. The van der Waals surface area contributed by atoms with Gasteiger partial charge >= 0.3 is 0 Å². The number of methoxy groups -OCH3 is 1. The Bertz CT molecular complexity index is 868. The molecule has 0 aliphatic carbocycles. The summed E-state index contributed by atoms with van der Waals surface area (Å²) in [5, 5.41) is 0.695. The van der Waals surface area contributed by atoms with Crippen LogP contribution in [0.2, 0.25) is 0 Å². The highest BCUT2D eigenvalue weighted by Crippen LogP contribution is 2.33. The van der Waals surface area contributed by atoms with Crippen molar-refractivity contribution in [3.8, 4) is 5.75 Å². The van der Waals surface area contributed by atoms with Gasteiger partial charge in [0.15, 0.2) is 6.29 Å². The van der Waals surface area contributed by atoms with Gasteiger partial charge in [0.25, 0.3) is 5.91 Å². The van der Waals surface area contributed by atoms with E-state index in [0.717, 1.165) is 6.29 Å². The van der Waals surface area contributed by atoms with Crippen LogP contribution >= 0.6 is 15.9 Å². The van der Waals surface area contributed by atoms with Crippen LogP contribution in [0.5, 0.6) is 5.75 Å². The van der Waals surface area contributed by atoms with Crippen molar-refractivity contribution in [3.63, 3.8) is 0 Å². The summed E-state index contributed by atoms with van der Waals surface area (Å²) in [6.07, 6.45) is 2.30.